The van der Waals surface area contributed by atoms with E-state index in [2.05, 4.69) is 97.1 Å². The molecule has 3 heterocycles. The molecule has 5 nitrogen and oxygen atoms in total. The molecule has 0 bridgehead atoms. The van der Waals surface area contributed by atoms with Gasteiger partial charge in [0.05, 0.1) is 0 Å². The zero-order chi connectivity index (χ0) is 30.2. The van der Waals surface area contributed by atoms with Crippen molar-refractivity contribution in [2.75, 3.05) is 19.8 Å². The van der Waals surface area contributed by atoms with Crippen LogP contribution in [0.25, 0.3) is 0 Å². The summed E-state index contributed by atoms with van der Waals surface area (Å²) < 4.78 is 16.6. The number of carbonyl (C=O) groups excluding carboxylic acids is 1. The SMILES string of the molecule is CC(C)C.CC(C)C.CC(C)C1c2ccccc2Oc2ccccc21.O=C1CCCN1.c1ccc2c(c1)OCCO2. The van der Waals surface area contributed by atoms with Gasteiger partial charge in [-0.2, -0.15) is 0 Å². The molecule has 0 aliphatic carbocycles. The van der Waals surface area contributed by atoms with Gasteiger partial charge in [-0.3, -0.25) is 4.79 Å². The summed E-state index contributed by atoms with van der Waals surface area (Å²) in [5.41, 5.74) is 2.61. The Morgan fingerprint density at radius 3 is 1.34 bits per heavy atom. The van der Waals surface area contributed by atoms with Crippen LogP contribution in [0.15, 0.2) is 72.8 Å². The molecule has 3 aromatic rings. The summed E-state index contributed by atoms with van der Waals surface area (Å²) in [6.45, 7) is 19.7. The van der Waals surface area contributed by atoms with Gasteiger partial charge in [-0.1, -0.05) is 104 Å². The molecule has 0 aromatic heterocycles. The molecule has 3 aromatic carbocycles. The van der Waals surface area contributed by atoms with Gasteiger partial charge in [-0.15, -0.1) is 0 Å². The van der Waals surface area contributed by atoms with Crippen LogP contribution in [0.3, 0.4) is 0 Å². The summed E-state index contributed by atoms with van der Waals surface area (Å²) in [6.07, 6.45) is 1.76. The standard InChI is InChI=1S/C16H16O.C8H8O2.C4H7NO.2C4H10/c1-11(2)16-12-7-3-5-9-14(12)17-15-10-6-4-8-13(15)16;1-2-4-8-7(3-1)9-5-6-10-8;6-4-2-1-3-5-4;2*1-4(2)3/h3-11,16H,1-2H3;1-4H,5-6H2;1-3H2,(H,5,6);2*4H,1-3H3. The first-order chi connectivity index (χ1) is 19.6. The highest BCUT2D eigenvalue weighted by atomic mass is 16.6. The number of ether oxygens (including phenoxy) is 3. The molecule has 0 saturated carbocycles. The van der Waals surface area contributed by atoms with Crippen LogP contribution in [0.4, 0.5) is 0 Å². The Bertz CT molecular complexity index is 1080. The van der Waals surface area contributed by atoms with Gasteiger partial charge >= 0.3 is 0 Å². The molecule has 0 atom stereocenters. The predicted octanol–water partition coefficient (Wildman–Crippen LogP) is 9.26. The number of fused-ring (bicyclic) bond motifs is 3. The lowest BCUT2D eigenvalue weighted by molar-refractivity contribution is -0.119. The largest absolute Gasteiger partial charge is 0.486 e. The maximum atomic E-state index is 10.1. The molecule has 224 valence electrons. The molecule has 1 fully saturated rings. The van der Waals surface area contributed by atoms with Gasteiger partial charge in [0, 0.05) is 30.0 Å². The van der Waals surface area contributed by atoms with Gasteiger partial charge in [0.25, 0.3) is 0 Å². The fraction of sp³-hybridized carbons (Fsp3) is 0.472. The van der Waals surface area contributed by atoms with E-state index in [0.717, 1.165) is 54.2 Å². The zero-order valence-corrected chi connectivity index (χ0v) is 26.4. The Hall–Kier alpha value is -3.47. The number of rotatable bonds is 1. The minimum Gasteiger partial charge on any atom is -0.486 e. The summed E-state index contributed by atoms with van der Waals surface area (Å²) in [5.74, 6) is 6.60. The van der Waals surface area contributed by atoms with Crippen molar-refractivity contribution in [2.24, 2.45) is 17.8 Å². The molecule has 0 radical (unpaired) electrons. The lowest BCUT2D eigenvalue weighted by Crippen LogP contribution is -2.14. The highest BCUT2D eigenvalue weighted by Gasteiger charge is 2.28. The van der Waals surface area contributed by atoms with Crippen LogP contribution < -0.4 is 19.5 Å². The second kappa shape index (κ2) is 18.1. The number of amides is 1. The minimum atomic E-state index is 0.204. The molecular formula is C36H51NO4. The summed E-state index contributed by atoms with van der Waals surface area (Å²) in [4.78, 5) is 10.1. The molecule has 1 amide bonds. The highest BCUT2D eigenvalue weighted by molar-refractivity contribution is 5.77. The molecule has 1 saturated heterocycles. The molecule has 41 heavy (non-hydrogen) atoms. The molecule has 5 heteroatoms. The van der Waals surface area contributed by atoms with Crippen LogP contribution in [0.2, 0.25) is 0 Å². The summed E-state index contributed by atoms with van der Waals surface area (Å²) in [6, 6.07) is 24.4. The van der Waals surface area contributed by atoms with Crippen molar-refractivity contribution in [2.45, 2.75) is 74.1 Å². The zero-order valence-electron chi connectivity index (χ0n) is 26.4. The van der Waals surface area contributed by atoms with Crippen LogP contribution in [0, 0.1) is 17.8 Å². The number of carbonyl (C=O) groups is 1. The first-order valence-electron chi connectivity index (χ1n) is 15.1. The Morgan fingerprint density at radius 1 is 0.634 bits per heavy atom. The van der Waals surface area contributed by atoms with Crippen LogP contribution in [0.1, 0.15) is 85.3 Å². The van der Waals surface area contributed by atoms with Gasteiger partial charge in [0.2, 0.25) is 5.91 Å². The normalized spacial score (nSPS) is 14.3. The molecule has 1 N–H and O–H groups in total. The summed E-state index contributed by atoms with van der Waals surface area (Å²) in [5, 5.41) is 2.68. The van der Waals surface area contributed by atoms with E-state index in [4.69, 9.17) is 14.2 Å². The second-order valence-corrected chi connectivity index (χ2v) is 12.0. The van der Waals surface area contributed by atoms with E-state index in [1.54, 1.807) is 0 Å². The smallest absolute Gasteiger partial charge is 0.220 e. The van der Waals surface area contributed by atoms with E-state index < -0.39 is 0 Å². The first kappa shape index (κ1) is 33.7. The third-order valence-electron chi connectivity index (χ3n) is 5.75. The van der Waals surface area contributed by atoms with E-state index in [0.29, 0.717) is 25.0 Å². The molecule has 6 rings (SSSR count). The lowest BCUT2D eigenvalue weighted by atomic mass is 9.80. The monoisotopic (exact) mass is 561 g/mol. The van der Waals surface area contributed by atoms with Crippen LogP contribution in [-0.4, -0.2) is 25.7 Å². The predicted molar refractivity (Wildman–Crippen MR) is 170 cm³/mol. The number of para-hydroxylation sites is 4. The average Bonchev–Trinajstić information content (AvgIpc) is 3.42. The Balaban J connectivity index is 0.000000207. The molecule has 0 spiro atoms. The highest BCUT2D eigenvalue weighted by Crippen LogP contribution is 2.46. The van der Waals surface area contributed by atoms with E-state index in [1.807, 2.05) is 36.4 Å². The van der Waals surface area contributed by atoms with Gasteiger partial charge in [0.1, 0.15) is 24.7 Å². The molecule has 3 aliphatic heterocycles. The second-order valence-electron chi connectivity index (χ2n) is 12.0. The first-order valence-corrected chi connectivity index (χ1v) is 15.1. The number of nitrogens with one attached hydrogen (secondary N) is 1. The average molecular weight is 562 g/mol. The van der Waals surface area contributed by atoms with Crippen molar-refractivity contribution >= 4 is 5.91 Å². The van der Waals surface area contributed by atoms with Crippen molar-refractivity contribution < 1.29 is 19.0 Å². The van der Waals surface area contributed by atoms with Gasteiger partial charge < -0.3 is 19.5 Å². The Morgan fingerprint density at radius 2 is 1.02 bits per heavy atom. The number of hydrogen-bond donors (Lipinski definition) is 1. The Labute approximate surface area is 248 Å². The third kappa shape index (κ3) is 12.3. The molecule has 3 aliphatic rings. The topological polar surface area (TPSA) is 56.8 Å². The van der Waals surface area contributed by atoms with Crippen molar-refractivity contribution in [1.82, 2.24) is 5.32 Å². The van der Waals surface area contributed by atoms with Crippen molar-refractivity contribution in [1.29, 1.82) is 0 Å². The quantitative estimate of drug-likeness (QED) is 0.322. The maximum Gasteiger partial charge on any atom is 0.220 e. The summed E-state index contributed by atoms with van der Waals surface area (Å²) in [7, 11) is 0. The van der Waals surface area contributed by atoms with Gasteiger partial charge in [0.15, 0.2) is 11.5 Å². The molecular weight excluding hydrogens is 510 g/mol. The number of benzene rings is 3. The van der Waals surface area contributed by atoms with Crippen LogP contribution in [-0.2, 0) is 4.79 Å². The Kier molecular flexibility index (Phi) is 14.9. The van der Waals surface area contributed by atoms with Gasteiger partial charge in [-0.25, -0.2) is 0 Å². The minimum absolute atomic E-state index is 0.204. The van der Waals surface area contributed by atoms with Crippen molar-refractivity contribution in [3.8, 4) is 23.0 Å². The van der Waals surface area contributed by atoms with E-state index in [9.17, 15) is 4.79 Å². The van der Waals surface area contributed by atoms with Crippen molar-refractivity contribution in [3.05, 3.63) is 83.9 Å². The van der Waals surface area contributed by atoms with Crippen LogP contribution in [0.5, 0.6) is 23.0 Å². The van der Waals surface area contributed by atoms with E-state index in [-0.39, 0.29) is 5.91 Å². The number of hydrogen-bond acceptors (Lipinski definition) is 4. The van der Waals surface area contributed by atoms with E-state index in [1.165, 1.54) is 11.1 Å². The van der Waals surface area contributed by atoms with Crippen LogP contribution >= 0.6 is 0 Å². The summed E-state index contributed by atoms with van der Waals surface area (Å²) >= 11 is 0. The van der Waals surface area contributed by atoms with Crippen molar-refractivity contribution in [3.63, 3.8) is 0 Å². The lowest BCUT2D eigenvalue weighted by Gasteiger charge is -2.30. The van der Waals surface area contributed by atoms with Gasteiger partial charge in [-0.05, 0) is 48.4 Å². The third-order valence-corrected chi connectivity index (χ3v) is 5.75. The van der Waals surface area contributed by atoms with E-state index >= 15 is 0 Å². The fourth-order valence-electron chi connectivity index (χ4n) is 4.22. The maximum absolute atomic E-state index is 10.1. The fourth-order valence-corrected chi connectivity index (χ4v) is 4.22. The molecule has 0 unspecified atom stereocenters.